The molecule has 0 amide bonds. The first kappa shape index (κ1) is 12.1. The summed E-state index contributed by atoms with van der Waals surface area (Å²) >= 11 is 0. The second kappa shape index (κ2) is 5.37. The molecule has 1 N–H and O–H groups in total. The predicted molar refractivity (Wildman–Crippen MR) is 70.9 cm³/mol. The van der Waals surface area contributed by atoms with E-state index in [9.17, 15) is 4.39 Å². The Labute approximate surface area is 108 Å². The van der Waals surface area contributed by atoms with Crippen molar-refractivity contribution in [3.05, 3.63) is 35.6 Å². The van der Waals surface area contributed by atoms with E-state index in [0.29, 0.717) is 6.04 Å². The maximum atomic E-state index is 12.8. The predicted octanol–water partition coefficient (Wildman–Crippen LogP) is 2.54. The summed E-state index contributed by atoms with van der Waals surface area (Å²) < 4.78 is 12.8. The van der Waals surface area contributed by atoms with Crippen molar-refractivity contribution in [2.45, 2.75) is 44.3 Å². The zero-order valence-electron chi connectivity index (χ0n) is 10.7. The number of rotatable bonds is 3. The van der Waals surface area contributed by atoms with Crippen LogP contribution in [-0.2, 0) is 6.54 Å². The molecular formula is C15H21FN2. The molecule has 2 heterocycles. The number of fused-ring (bicyclic) bond motifs is 1. The third-order valence-corrected chi connectivity index (χ3v) is 4.33. The molecule has 98 valence electrons. The Morgan fingerprint density at radius 3 is 2.83 bits per heavy atom. The number of nitrogens with zero attached hydrogens (tertiary/aromatic N) is 1. The van der Waals surface area contributed by atoms with E-state index in [1.165, 1.54) is 56.5 Å². The van der Waals surface area contributed by atoms with Crippen LogP contribution in [0.25, 0.3) is 0 Å². The molecule has 18 heavy (non-hydrogen) atoms. The summed E-state index contributed by atoms with van der Waals surface area (Å²) in [6, 6.07) is 8.26. The van der Waals surface area contributed by atoms with E-state index >= 15 is 0 Å². The van der Waals surface area contributed by atoms with E-state index in [0.717, 1.165) is 12.6 Å². The van der Waals surface area contributed by atoms with Crippen molar-refractivity contribution in [1.82, 2.24) is 10.2 Å². The second-order valence-electron chi connectivity index (χ2n) is 5.56. The summed E-state index contributed by atoms with van der Waals surface area (Å²) in [7, 11) is 0. The molecule has 2 nitrogen and oxygen atoms in total. The molecule has 0 radical (unpaired) electrons. The minimum Gasteiger partial charge on any atom is -0.310 e. The normalized spacial score (nSPS) is 28.3. The Morgan fingerprint density at radius 2 is 2.00 bits per heavy atom. The summed E-state index contributed by atoms with van der Waals surface area (Å²) in [5, 5.41) is 3.62. The Bertz CT molecular complexity index is 390. The fourth-order valence-electron chi connectivity index (χ4n) is 3.27. The molecule has 0 saturated carbocycles. The Morgan fingerprint density at radius 1 is 1.17 bits per heavy atom. The number of halogens is 1. The van der Waals surface area contributed by atoms with Crippen LogP contribution >= 0.6 is 0 Å². The molecular weight excluding hydrogens is 227 g/mol. The number of hydrogen-bond donors (Lipinski definition) is 1. The molecule has 3 heteroatoms. The van der Waals surface area contributed by atoms with Crippen LogP contribution in [0.3, 0.4) is 0 Å². The van der Waals surface area contributed by atoms with Gasteiger partial charge in [0.15, 0.2) is 0 Å². The van der Waals surface area contributed by atoms with Gasteiger partial charge in [-0.1, -0.05) is 12.1 Å². The van der Waals surface area contributed by atoms with Gasteiger partial charge in [-0.2, -0.15) is 0 Å². The molecule has 2 atom stereocenters. The fourth-order valence-corrected chi connectivity index (χ4v) is 3.27. The van der Waals surface area contributed by atoms with Crippen molar-refractivity contribution in [2.24, 2.45) is 0 Å². The van der Waals surface area contributed by atoms with Crippen LogP contribution in [0.1, 0.15) is 31.2 Å². The van der Waals surface area contributed by atoms with Gasteiger partial charge in [0.25, 0.3) is 0 Å². The zero-order valence-corrected chi connectivity index (χ0v) is 10.7. The van der Waals surface area contributed by atoms with E-state index in [1.54, 1.807) is 0 Å². The van der Waals surface area contributed by atoms with Crippen molar-refractivity contribution in [3.8, 4) is 0 Å². The van der Waals surface area contributed by atoms with Crippen molar-refractivity contribution >= 4 is 0 Å². The van der Waals surface area contributed by atoms with Gasteiger partial charge in [0.2, 0.25) is 0 Å². The lowest BCUT2D eigenvalue weighted by Crippen LogP contribution is -2.45. The topological polar surface area (TPSA) is 15.3 Å². The summed E-state index contributed by atoms with van der Waals surface area (Å²) in [4.78, 5) is 2.63. The highest BCUT2D eigenvalue weighted by atomic mass is 19.1. The van der Waals surface area contributed by atoms with Gasteiger partial charge in [-0.25, -0.2) is 4.39 Å². The Balaban J connectivity index is 1.50. The van der Waals surface area contributed by atoms with Crippen LogP contribution in [0.4, 0.5) is 4.39 Å². The fraction of sp³-hybridized carbons (Fsp3) is 0.600. The summed E-state index contributed by atoms with van der Waals surface area (Å²) in [5.41, 5.74) is 1.17. The molecule has 0 aromatic heterocycles. The van der Waals surface area contributed by atoms with Crippen molar-refractivity contribution in [2.75, 3.05) is 13.1 Å². The molecule has 1 aromatic carbocycles. The quantitative estimate of drug-likeness (QED) is 0.884. The van der Waals surface area contributed by atoms with Crippen molar-refractivity contribution < 1.29 is 4.39 Å². The molecule has 0 bridgehead atoms. The van der Waals surface area contributed by atoms with E-state index in [-0.39, 0.29) is 5.82 Å². The summed E-state index contributed by atoms with van der Waals surface area (Å²) in [6.07, 6.45) is 5.27. The largest absolute Gasteiger partial charge is 0.310 e. The van der Waals surface area contributed by atoms with Crippen LogP contribution in [0.5, 0.6) is 0 Å². The lowest BCUT2D eigenvalue weighted by atomic mass is 9.97. The number of piperidine rings is 1. The van der Waals surface area contributed by atoms with Gasteiger partial charge in [0.05, 0.1) is 0 Å². The maximum absolute atomic E-state index is 12.8. The van der Waals surface area contributed by atoms with Crippen molar-refractivity contribution in [3.63, 3.8) is 0 Å². The maximum Gasteiger partial charge on any atom is 0.123 e. The SMILES string of the molecule is Fc1ccc(CN[C@@H]2CCN3CCC[C@H]3C2)cc1. The zero-order chi connectivity index (χ0) is 12.4. The highest BCUT2D eigenvalue weighted by Crippen LogP contribution is 2.26. The molecule has 1 aromatic rings. The first-order valence-electron chi connectivity index (χ1n) is 7.03. The standard InChI is InChI=1S/C15H21FN2/c16-13-5-3-12(4-6-13)11-17-14-7-9-18-8-1-2-15(18)10-14/h3-6,14-15,17H,1-2,7-11H2/t14-,15+/m1/s1. The number of nitrogens with one attached hydrogen (secondary N) is 1. The van der Waals surface area contributed by atoms with E-state index in [1.807, 2.05) is 12.1 Å². The Hall–Kier alpha value is -0.930. The van der Waals surface area contributed by atoms with Crippen LogP contribution < -0.4 is 5.32 Å². The molecule has 2 aliphatic heterocycles. The minimum absolute atomic E-state index is 0.155. The smallest absolute Gasteiger partial charge is 0.123 e. The third-order valence-electron chi connectivity index (χ3n) is 4.33. The van der Waals surface area contributed by atoms with Gasteiger partial charge in [-0.3, -0.25) is 0 Å². The monoisotopic (exact) mass is 248 g/mol. The number of benzene rings is 1. The highest BCUT2D eigenvalue weighted by molar-refractivity contribution is 5.15. The molecule has 2 aliphatic rings. The second-order valence-corrected chi connectivity index (χ2v) is 5.56. The van der Waals surface area contributed by atoms with Gasteiger partial charge >= 0.3 is 0 Å². The van der Waals surface area contributed by atoms with Gasteiger partial charge in [0, 0.05) is 18.6 Å². The first-order chi connectivity index (χ1) is 8.81. The average Bonchev–Trinajstić information content (AvgIpc) is 2.85. The average molecular weight is 248 g/mol. The third kappa shape index (κ3) is 2.73. The molecule has 0 aliphatic carbocycles. The molecule has 0 unspecified atom stereocenters. The van der Waals surface area contributed by atoms with Crippen LogP contribution in [0, 0.1) is 5.82 Å². The van der Waals surface area contributed by atoms with Gasteiger partial charge in [-0.15, -0.1) is 0 Å². The van der Waals surface area contributed by atoms with Crippen LogP contribution in [0.2, 0.25) is 0 Å². The van der Waals surface area contributed by atoms with Crippen LogP contribution in [-0.4, -0.2) is 30.1 Å². The van der Waals surface area contributed by atoms with E-state index < -0.39 is 0 Å². The molecule has 2 fully saturated rings. The van der Waals surface area contributed by atoms with Crippen molar-refractivity contribution in [1.29, 1.82) is 0 Å². The molecule has 3 rings (SSSR count). The minimum atomic E-state index is -0.155. The Kier molecular flexibility index (Phi) is 3.62. The van der Waals surface area contributed by atoms with E-state index in [4.69, 9.17) is 0 Å². The number of hydrogen-bond acceptors (Lipinski definition) is 2. The highest BCUT2D eigenvalue weighted by Gasteiger charge is 2.31. The van der Waals surface area contributed by atoms with Gasteiger partial charge in [0.1, 0.15) is 5.82 Å². The lowest BCUT2D eigenvalue weighted by Gasteiger charge is -2.35. The summed E-state index contributed by atoms with van der Waals surface area (Å²) in [6.45, 7) is 3.40. The first-order valence-corrected chi connectivity index (χ1v) is 7.03. The van der Waals surface area contributed by atoms with Crippen LogP contribution in [0.15, 0.2) is 24.3 Å². The summed E-state index contributed by atoms with van der Waals surface area (Å²) in [5.74, 6) is -0.155. The van der Waals surface area contributed by atoms with E-state index in [2.05, 4.69) is 10.2 Å². The molecule has 2 saturated heterocycles. The molecule has 0 spiro atoms. The van der Waals surface area contributed by atoms with Gasteiger partial charge < -0.3 is 10.2 Å². The van der Waals surface area contributed by atoms with Gasteiger partial charge in [-0.05, 0) is 56.5 Å². The lowest BCUT2D eigenvalue weighted by molar-refractivity contribution is 0.166.